The second-order valence-corrected chi connectivity index (χ2v) is 8.65. The number of ether oxygens (including phenoxy) is 1. The van der Waals surface area contributed by atoms with Gasteiger partial charge in [0.1, 0.15) is 5.75 Å². The molecular weight excluding hydrogens is 446 g/mol. The van der Waals surface area contributed by atoms with E-state index < -0.39 is 5.97 Å². The molecule has 0 unspecified atom stereocenters. The summed E-state index contributed by atoms with van der Waals surface area (Å²) >= 11 is 6.77. The Bertz CT molecular complexity index is 1220. The van der Waals surface area contributed by atoms with Crippen LogP contribution in [0.25, 0.3) is 6.08 Å². The van der Waals surface area contributed by atoms with E-state index in [0.717, 1.165) is 22.9 Å². The van der Waals surface area contributed by atoms with Crippen LogP contribution in [-0.2, 0) is 11.3 Å². The van der Waals surface area contributed by atoms with E-state index in [4.69, 9.17) is 16.3 Å². The van der Waals surface area contributed by atoms with Crippen molar-refractivity contribution in [3.63, 3.8) is 0 Å². The smallest absolute Gasteiger partial charge is 0.343 e. The van der Waals surface area contributed by atoms with Crippen LogP contribution >= 0.6 is 23.4 Å². The number of thioether (sulfide) groups is 1. The Morgan fingerprint density at radius 2 is 1.75 bits per heavy atom. The monoisotopic (exact) mass is 463 g/mol. The first-order chi connectivity index (χ1) is 15.4. The lowest BCUT2D eigenvalue weighted by Gasteiger charge is -2.12. The summed E-state index contributed by atoms with van der Waals surface area (Å²) < 4.78 is 5.46. The fraction of sp³-hybridized carbons (Fsp3) is 0.0800. The third-order valence-electron chi connectivity index (χ3n) is 4.78. The van der Waals surface area contributed by atoms with E-state index in [1.165, 1.54) is 4.90 Å². The second kappa shape index (κ2) is 9.42. The molecule has 7 heteroatoms. The number of nitrogens with zero attached hydrogens (tertiary/aromatic N) is 1. The number of amides is 2. The molecule has 0 spiro atoms. The quantitative estimate of drug-likeness (QED) is 0.260. The molecule has 1 aliphatic heterocycles. The Morgan fingerprint density at radius 3 is 2.47 bits per heavy atom. The lowest BCUT2D eigenvalue weighted by molar-refractivity contribution is -0.123. The number of halogens is 1. The minimum atomic E-state index is -0.467. The average molecular weight is 464 g/mol. The molecule has 5 nitrogen and oxygen atoms in total. The molecule has 0 saturated carbocycles. The van der Waals surface area contributed by atoms with Crippen LogP contribution in [0.15, 0.2) is 77.7 Å². The molecule has 0 radical (unpaired) electrons. The third-order valence-corrected chi connectivity index (χ3v) is 5.94. The molecule has 0 aromatic heterocycles. The first-order valence-corrected chi connectivity index (χ1v) is 11.0. The Hall–Kier alpha value is -3.35. The van der Waals surface area contributed by atoms with E-state index in [2.05, 4.69) is 0 Å². The maximum absolute atomic E-state index is 12.8. The molecule has 1 saturated heterocycles. The van der Waals surface area contributed by atoms with E-state index in [0.29, 0.717) is 26.8 Å². The molecule has 0 aliphatic carbocycles. The van der Waals surface area contributed by atoms with Gasteiger partial charge in [-0.1, -0.05) is 53.6 Å². The van der Waals surface area contributed by atoms with Crippen molar-refractivity contribution in [2.45, 2.75) is 13.5 Å². The molecule has 2 amide bonds. The molecule has 4 rings (SSSR count). The first-order valence-electron chi connectivity index (χ1n) is 9.78. The summed E-state index contributed by atoms with van der Waals surface area (Å²) in [6, 6.07) is 20.9. The SMILES string of the molecule is Cc1ccc(C(=O)Oc2cccc(/C=C3\SC(=O)N(Cc4ccc(Cl)cc4)C3=O)c2)cc1. The number of aryl methyl sites for hydroxylation is 1. The summed E-state index contributed by atoms with van der Waals surface area (Å²) in [6.45, 7) is 2.11. The van der Waals surface area contributed by atoms with Gasteiger partial charge in [-0.25, -0.2) is 4.79 Å². The topological polar surface area (TPSA) is 63.7 Å². The summed E-state index contributed by atoms with van der Waals surface area (Å²) in [5.41, 5.74) is 2.96. The third kappa shape index (κ3) is 5.10. The highest BCUT2D eigenvalue weighted by Crippen LogP contribution is 2.33. The summed E-state index contributed by atoms with van der Waals surface area (Å²) in [4.78, 5) is 39.0. The molecule has 1 fully saturated rings. The molecular formula is C25H18ClNO4S. The number of carbonyl (C=O) groups is 3. The lowest BCUT2D eigenvalue weighted by Crippen LogP contribution is -2.27. The number of hydrogen-bond acceptors (Lipinski definition) is 5. The van der Waals surface area contributed by atoms with Gasteiger partial charge in [0.2, 0.25) is 0 Å². The van der Waals surface area contributed by atoms with Gasteiger partial charge in [-0.2, -0.15) is 0 Å². The van der Waals surface area contributed by atoms with Crippen LogP contribution in [-0.4, -0.2) is 22.0 Å². The highest BCUT2D eigenvalue weighted by Gasteiger charge is 2.35. The van der Waals surface area contributed by atoms with E-state index in [1.54, 1.807) is 66.7 Å². The molecule has 1 aliphatic rings. The van der Waals surface area contributed by atoms with Gasteiger partial charge in [-0.15, -0.1) is 0 Å². The second-order valence-electron chi connectivity index (χ2n) is 7.22. The highest BCUT2D eigenvalue weighted by atomic mass is 35.5. The number of imide groups is 1. The zero-order valence-corrected chi connectivity index (χ0v) is 18.7. The molecule has 160 valence electrons. The van der Waals surface area contributed by atoms with Gasteiger partial charge >= 0.3 is 5.97 Å². The van der Waals surface area contributed by atoms with Crippen molar-refractivity contribution in [3.05, 3.63) is 105 Å². The molecule has 1 heterocycles. The van der Waals surface area contributed by atoms with Gasteiger partial charge in [0.15, 0.2) is 0 Å². The minimum absolute atomic E-state index is 0.174. The normalized spacial score (nSPS) is 14.8. The van der Waals surface area contributed by atoms with Crippen molar-refractivity contribution in [1.82, 2.24) is 4.90 Å². The van der Waals surface area contributed by atoms with Gasteiger partial charge in [0.05, 0.1) is 17.0 Å². The molecule has 32 heavy (non-hydrogen) atoms. The predicted octanol–water partition coefficient (Wildman–Crippen LogP) is 6.10. The van der Waals surface area contributed by atoms with Crippen LogP contribution in [0, 0.1) is 6.92 Å². The van der Waals surface area contributed by atoms with Crippen LogP contribution in [0.5, 0.6) is 5.75 Å². The number of hydrogen-bond donors (Lipinski definition) is 0. The Morgan fingerprint density at radius 1 is 1.03 bits per heavy atom. The van der Waals surface area contributed by atoms with Gasteiger partial charge in [-0.05, 0) is 72.3 Å². The van der Waals surface area contributed by atoms with Crippen LogP contribution in [0.4, 0.5) is 4.79 Å². The molecule has 0 bridgehead atoms. The fourth-order valence-corrected chi connectivity index (χ4v) is 4.05. The van der Waals surface area contributed by atoms with E-state index in [9.17, 15) is 14.4 Å². The van der Waals surface area contributed by atoms with Crippen LogP contribution in [0.3, 0.4) is 0 Å². The maximum atomic E-state index is 12.8. The zero-order chi connectivity index (χ0) is 22.7. The van der Waals surface area contributed by atoms with Gasteiger partial charge in [0.25, 0.3) is 11.1 Å². The summed E-state index contributed by atoms with van der Waals surface area (Å²) in [6.07, 6.45) is 1.62. The number of carbonyl (C=O) groups excluding carboxylic acids is 3. The van der Waals surface area contributed by atoms with E-state index in [-0.39, 0.29) is 17.7 Å². The van der Waals surface area contributed by atoms with E-state index >= 15 is 0 Å². The van der Waals surface area contributed by atoms with Gasteiger partial charge in [-0.3, -0.25) is 14.5 Å². The highest BCUT2D eigenvalue weighted by molar-refractivity contribution is 8.18. The average Bonchev–Trinajstić information content (AvgIpc) is 3.03. The zero-order valence-electron chi connectivity index (χ0n) is 17.1. The van der Waals surface area contributed by atoms with Crippen LogP contribution in [0.1, 0.15) is 27.0 Å². The number of esters is 1. The summed E-state index contributed by atoms with van der Waals surface area (Å²) in [5, 5.41) is 0.254. The maximum Gasteiger partial charge on any atom is 0.343 e. The summed E-state index contributed by atoms with van der Waals surface area (Å²) in [7, 11) is 0. The number of benzene rings is 3. The lowest BCUT2D eigenvalue weighted by atomic mass is 10.1. The standard InChI is InChI=1S/C25H18ClNO4S/c1-16-5-9-19(10-6-16)24(29)31-21-4-2-3-18(13-21)14-22-23(28)27(25(30)32-22)15-17-7-11-20(26)12-8-17/h2-14H,15H2,1H3/b22-14-. The Balaban J connectivity index is 1.48. The Kier molecular flexibility index (Phi) is 6.44. The minimum Gasteiger partial charge on any atom is -0.423 e. The molecule has 0 atom stereocenters. The van der Waals surface area contributed by atoms with Gasteiger partial charge < -0.3 is 4.74 Å². The molecule has 0 N–H and O–H groups in total. The van der Waals surface area contributed by atoms with Crippen molar-refractivity contribution in [2.75, 3.05) is 0 Å². The Labute approximate surface area is 194 Å². The van der Waals surface area contributed by atoms with E-state index in [1.807, 2.05) is 19.1 Å². The largest absolute Gasteiger partial charge is 0.423 e. The van der Waals surface area contributed by atoms with Gasteiger partial charge in [0, 0.05) is 5.02 Å². The van der Waals surface area contributed by atoms with Crippen molar-refractivity contribution in [1.29, 1.82) is 0 Å². The predicted molar refractivity (Wildman–Crippen MR) is 126 cm³/mol. The van der Waals surface area contributed by atoms with Crippen molar-refractivity contribution >= 4 is 46.6 Å². The van der Waals surface area contributed by atoms with Crippen LogP contribution < -0.4 is 4.74 Å². The molecule has 3 aromatic rings. The van der Waals surface area contributed by atoms with Crippen molar-refractivity contribution < 1.29 is 19.1 Å². The van der Waals surface area contributed by atoms with Crippen molar-refractivity contribution in [2.24, 2.45) is 0 Å². The van der Waals surface area contributed by atoms with Crippen LogP contribution in [0.2, 0.25) is 5.02 Å². The first kappa shape index (κ1) is 21.9. The summed E-state index contributed by atoms with van der Waals surface area (Å²) in [5.74, 6) is -0.479. The fourth-order valence-electron chi connectivity index (χ4n) is 3.08. The molecule has 3 aromatic carbocycles. The number of rotatable bonds is 5. The van der Waals surface area contributed by atoms with Crippen molar-refractivity contribution in [3.8, 4) is 5.75 Å².